The molecule has 0 radical (unpaired) electrons. The molecule has 0 N–H and O–H groups in total. The number of hydrogen-bond donors (Lipinski definition) is 0. The number of likely N-dealkylation sites (N-methyl/N-ethyl adjacent to an activating group) is 2. The normalized spacial score (nSPS) is 16.2. The Morgan fingerprint density at radius 1 is 1.15 bits per heavy atom. The maximum Gasteiger partial charge on any atom is 0.333 e. The van der Waals surface area contributed by atoms with Gasteiger partial charge in [-0.05, 0) is 19.9 Å². The van der Waals surface area contributed by atoms with Crippen molar-refractivity contribution in [3.05, 3.63) is 23.0 Å². The van der Waals surface area contributed by atoms with Gasteiger partial charge in [-0.25, -0.2) is 4.79 Å². The van der Waals surface area contributed by atoms with Gasteiger partial charge in [-0.1, -0.05) is 0 Å². The third-order valence-corrected chi connectivity index (χ3v) is 3.25. The Morgan fingerprint density at radius 2 is 1.70 bits per heavy atom. The number of carbonyl (C=O) groups is 3. The number of amides is 4. The average molecular weight is 276 g/mol. The molecule has 7 heteroatoms. The minimum absolute atomic E-state index is 0.0339. The van der Waals surface area contributed by atoms with Gasteiger partial charge in [-0.15, -0.1) is 0 Å². The summed E-state index contributed by atoms with van der Waals surface area (Å²) < 4.78 is 1.72. The molecule has 1 aromatic rings. The van der Waals surface area contributed by atoms with Crippen LogP contribution >= 0.6 is 0 Å². The fourth-order valence-corrected chi connectivity index (χ4v) is 1.97. The predicted molar refractivity (Wildman–Crippen MR) is 71.6 cm³/mol. The Labute approximate surface area is 116 Å². The molecule has 0 saturated carbocycles. The predicted octanol–water partition coefficient (Wildman–Crippen LogP) is 0.645. The summed E-state index contributed by atoms with van der Waals surface area (Å²) in [7, 11) is 2.70. The number of aromatic nitrogens is 2. The number of urea groups is 1. The Balaban J connectivity index is 2.46. The lowest BCUT2D eigenvalue weighted by molar-refractivity contribution is -0.134. The lowest BCUT2D eigenvalue weighted by atomic mass is 10.1. The van der Waals surface area contributed by atoms with Crippen molar-refractivity contribution in [1.29, 1.82) is 0 Å². The Kier molecular flexibility index (Phi) is 3.44. The largest absolute Gasteiger partial charge is 0.333 e. The zero-order valence-electron chi connectivity index (χ0n) is 11.9. The van der Waals surface area contributed by atoms with Crippen LogP contribution in [0.5, 0.6) is 0 Å². The van der Waals surface area contributed by atoms with Crippen molar-refractivity contribution < 1.29 is 14.4 Å². The van der Waals surface area contributed by atoms with Gasteiger partial charge in [0.2, 0.25) is 0 Å². The molecule has 2 heterocycles. The lowest BCUT2D eigenvalue weighted by Crippen LogP contribution is -2.52. The maximum absolute atomic E-state index is 12.0. The summed E-state index contributed by atoms with van der Waals surface area (Å²) in [5, 5.41) is 4.25. The van der Waals surface area contributed by atoms with E-state index in [-0.39, 0.29) is 5.57 Å². The van der Waals surface area contributed by atoms with Crippen LogP contribution in [0.25, 0.3) is 6.08 Å². The SMILES string of the molecule is CCn1cc(C=C2C(=O)N(C)C(=O)N(C)C2=O)c(C)n1. The quantitative estimate of drug-likeness (QED) is 0.587. The summed E-state index contributed by atoms with van der Waals surface area (Å²) in [6.45, 7) is 4.44. The van der Waals surface area contributed by atoms with Crippen LogP contribution in [0.4, 0.5) is 4.79 Å². The van der Waals surface area contributed by atoms with E-state index in [9.17, 15) is 14.4 Å². The van der Waals surface area contributed by atoms with Gasteiger partial charge < -0.3 is 0 Å². The molecule has 0 bridgehead atoms. The number of nitrogens with zero attached hydrogens (tertiary/aromatic N) is 4. The molecule has 7 nitrogen and oxygen atoms in total. The molecule has 1 aromatic heterocycles. The van der Waals surface area contributed by atoms with Crippen LogP contribution in [0.1, 0.15) is 18.2 Å². The highest BCUT2D eigenvalue weighted by molar-refractivity contribution is 6.30. The first kappa shape index (κ1) is 14.0. The average Bonchev–Trinajstić information content (AvgIpc) is 2.79. The summed E-state index contributed by atoms with van der Waals surface area (Å²) in [6.07, 6.45) is 3.25. The number of imide groups is 2. The topological polar surface area (TPSA) is 75.5 Å². The van der Waals surface area contributed by atoms with Crippen molar-refractivity contribution >= 4 is 23.9 Å². The van der Waals surface area contributed by atoms with E-state index in [2.05, 4.69) is 5.10 Å². The van der Waals surface area contributed by atoms with Crippen molar-refractivity contribution in [2.45, 2.75) is 20.4 Å². The van der Waals surface area contributed by atoms with E-state index >= 15 is 0 Å². The summed E-state index contributed by atoms with van der Waals surface area (Å²) >= 11 is 0. The molecule has 1 aliphatic heterocycles. The third-order valence-electron chi connectivity index (χ3n) is 3.25. The molecule has 0 aromatic carbocycles. The van der Waals surface area contributed by atoms with Gasteiger partial charge in [0.1, 0.15) is 5.57 Å². The first-order chi connectivity index (χ1) is 9.36. The Morgan fingerprint density at radius 3 is 2.15 bits per heavy atom. The first-order valence-electron chi connectivity index (χ1n) is 6.22. The van der Waals surface area contributed by atoms with E-state index in [1.807, 2.05) is 6.92 Å². The molecule has 0 spiro atoms. The van der Waals surface area contributed by atoms with Crippen molar-refractivity contribution in [3.8, 4) is 0 Å². The Hall–Kier alpha value is -2.44. The van der Waals surface area contributed by atoms with Gasteiger partial charge in [0, 0.05) is 32.4 Å². The van der Waals surface area contributed by atoms with E-state index in [1.165, 1.54) is 20.2 Å². The van der Waals surface area contributed by atoms with Gasteiger partial charge in [0.05, 0.1) is 5.69 Å². The number of barbiturate groups is 1. The van der Waals surface area contributed by atoms with Crippen LogP contribution in [-0.2, 0) is 16.1 Å². The second-order valence-electron chi connectivity index (χ2n) is 4.59. The summed E-state index contributed by atoms with van der Waals surface area (Å²) in [4.78, 5) is 37.6. The highest BCUT2D eigenvalue weighted by atomic mass is 16.2. The smallest absolute Gasteiger partial charge is 0.272 e. The third kappa shape index (κ3) is 2.11. The minimum Gasteiger partial charge on any atom is -0.272 e. The number of aryl methyl sites for hydroxylation is 2. The van der Waals surface area contributed by atoms with Gasteiger partial charge >= 0.3 is 6.03 Å². The van der Waals surface area contributed by atoms with Crippen LogP contribution in [0.3, 0.4) is 0 Å². The minimum atomic E-state index is -0.627. The van der Waals surface area contributed by atoms with Crippen LogP contribution in [0, 0.1) is 6.92 Å². The van der Waals surface area contributed by atoms with E-state index in [0.717, 1.165) is 15.5 Å². The zero-order valence-corrected chi connectivity index (χ0v) is 11.9. The summed E-state index contributed by atoms with van der Waals surface area (Å²) in [5.41, 5.74) is 1.38. The fourth-order valence-electron chi connectivity index (χ4n) is 1.97. The molecular formula is C13H16N4O3. The van der Waals surface area contributed by atoms with Gasteiger partial charge in [0.25, 0.3) is 11.8 Å². The standard InChI is InChI=1S/C13H16N4O3/c1-5-17-7-9(8(2)14-17)6-10-11(18)15(3)13(20)16(4)12(10)19/h6-7H,5H2,1-4H3. The van der Waals surface area contributed by atoms with E-state index in [1.54, 1.807) is 17.8 Å². The van der Waals surface area contributed by atoms with E-state index in [0.29, 0.717) is 12.1 Å². The van der Waals surface area contributed by atoms with Crippen molar-refractivity contribution in [2.24, 2.45) is 0 Å². The first-order valence-corrected chi connectivity index (χ1v) is 6.22. The molecule has 2 rings (SSSR count). The van der Waals surface area contributed by atoms with Crippen LogP contribution in [0.15, 0.2) is 11.8 Å². The molecule has 20 heavy (non-hydrogen) atoms. The molecule has 4 amide bonds. The molecule has 0 aliphatic carbocycles. The monoisotopic (exact) mass is 276 g/mol. The van der Waals surface area contributed by atoms with Crippen molar-refractivity contribution in [3.63, 3.8) is 0 Å². The number of hydrogen-bond acceptors (Lipinski definition) is 4. The molecule has 106 valence electrons. The summed E-state index contributed by atoms with van der Waals surface area (Å²) in [6, 6.07) is -0.627. The molecular weight excluding hydrogens is 260 g/mol. The van der Waals surface area contributed by atoms with Gasteiger partial charge in [-0.2, -0.15) is 5.10 Å². The Bertz CT molecular complexity index is 604. The second-order valence-corrected chi connectivity index (χ2v) is 4.59. The maximum atomic E-state index is 12.0. The lowest BCUT2D eigenvalue weighted by Gasteiger charge is -2.28. The zero-order chi connectivity index (χ0) is 15.0. The van der Waals surface area contributed by atoms with Crippen LogP contribution in [0.2, 0.25) is 0 Å². The van der Waals surface area contributed by atoms with Crippen molar-refractivity contribution in [2.75, 3.05) is 14.1 Å². The van der Waals surface area contributed by atoms with Gasteiger partial charge in [0.15, 0.2) is 0 Å². The van der Waals surface area contributed by atoms with Crippen LogP contribution < -0.4 is 0 Å². The molecule has 1 saturated heterocycles. The van der Waals surface area contributed by atoms with E-state index in [4.69, 9.17) is 0 Å². The molecule has 0 atom stereocenters. The second kappa shape index (κ2) is 4.92. The molecule has 0 unspecified atom stereocenters. The molecule has 1 fully saturated rings. The number of carbonyl (C=O) groups excluding carboxylic acids is 3. The highest BCUT2D eigenvalue weighted by Crippen LogP contribution is 2.19. The van der Waals surface area contributed by atoms with Gasteiger partial charge in [-0.3, -0.25) is 24.1 Å². The van der Waals surface area contributed by atoms with E-state index < -0.39 is 17.8 Å². The molecule has 1 aliphatic rings. The summed E-state index contributed by atoms with van der Waals surface area (Å²) in [5.74, 6) is -1.19. The number of rotatable bonds is 2. The fraction of sp³-hybridized carbons (Fsp3) is 0.385. The van der Waals surface area contributed by atoms with Crippen LogP contribution in [-0.4, -0.2) is 51.5 Å². The highest BCUT2D eigenvalue weighted by Gasteiger charge is 2.37. The van der Waals surface area contributed by atoms with Crippen molar-refractivity contribution in [1.82, 2.24) is 19.6 Å².